The summed E-state index contributed by atoms with van der Waals surface area (Å²) in [6.07, 6.45) is 5.22. The zero-order valence-electron chi connectivity index (χ0n) is 14.8. The van der Waals surface area contributed by atoms with E-state index in [1.165, 1.54) is 0 Å². The fourth-order valence-electron chi connectivity index (χ4n) is 2.96. The number of H-pyrrole nitrogens is 1. The number of hydrogen-bond acceptors (Lipinski definition) is 5. The van der Waals surface area contributed by atoms with Crippen molar-refractivity contribution in [2.24, 2.45) is 0 Å². The zero-order valence-corrected chi connectivity index (χ0v) is 15.5. The lowest BCUT2D eigenvalue weighted by atomic mass is 10.1. The van der Waals surface area contributed by atoms with Crippen molar-refractivity contribution in [3.63, 3.8) is 0 Å². The maximum atomic E-state index is 12.5. The van der Waals surface area contributed by atoms with E-state index in [1.54, 1.807) is 30.6 Å². The molecule has 0 radical (unpaired) electrons. The van der Waals surface area contributed by atoms with Crippen molar-refractivity contribution in [3.8, 4) is 5.82 Å². The molecule has 3 heterocycles. The van der Waals surface area contributed by atoms with Crippen LogP contribution < -0.4 is 10.9 Å². The van der Waals surface area contributed by atoms with Crippen LogP contribution in [0.3, 0.4) is 0 Å². The quantitative estimate of drug-likeness (QED) is 0.564. The fourth-order valence-corrected chi connectivity index (χ4v) is 3.14. The average Bonchev–Trinajstić information content (AvgIpc) is 3.07. The van der Waals surface area contributed by atoms with Crippen LogP contribution in [-0.2, 0) is 0 Å². The molecular formula is C19H17ClN6O. The number of pyridine rings is 1. The minimum Gasteiger partial charge on any atom is -0.347 e. The van der Waals surface area contributed by atoms with Crippen LogP contribution in [0.2, 0.25) is 5.02 Å². The molecule has 0 aliphatic carbocycles. The second-order valence-electron chi connectivity index (χ2n) is 6.23. The summed E-state index contributed by atoms with van der Waals surface area (Å²) >= 11 is 6.06. The monoisotopic (exact) mass is 380 g/mol. The van der Waals surface area contributed by atoms with Gasteiger partial charge in [-0.15, -0.1) is 0 Å². The first-order valence-electron chi connectivity index (χ1n) is 8.43. The van der Waals surface area contributed by atoms with Crippen LogP contribution >= 0.6 is 11.6 Å². The summed E-state index contributed by atoms with van der Waals surface area (Å²) in [7, 11) is 0. The van der Waals surface area contributed by atoms with Crippen LogP contribution in [0.1, 0.15) is 24.4 Å². The van der Waals surface area contributed by atoms with Crippen molar-refractivity contribution in [3.05, 3.63) is 75.7 Å². The van der Waals surface area contributed by atoms with Crippen LogP contribution in [0.4, 0.5) is 5.95 Å². The molecule has 0 saturated carbocycles. The van der Waals surface area contributed by atoms with Gasteiger partial charge >= 0.3 is 0 Å². The number of hydrogen-bond donors (Lipinski definition) is 2. The number of halogens is 1. The first kappa shape index (κ1) is 17.2. The molecule has 4 rings (SSSR count). The highest BCUT2D eigenvalue weighted by molar-refractivity contribution is 6.31. The van der Waals surface area contributed by atoms with E-state index in [-0.39, 0.29) is 11.6 Å². The van der Waals surface area contributed by atoms with Crippen LogP contribution in [-0.4, -0.2) is 24.5 Å². The standard InChI is InChI=1S/C19H17ClN6O/c1-11(15-10-13-9-14(20)3-4-16(13)24-18(15)27)23-19-22-6-5-17(25-19)26-8-7-21-12(26)2/h3-11H,1-2H3,(H,24,27)(H,22,23,25). The van der Waals surface area contributed by atoms with Gasteiger partial charge < -0.3 is 10.3 Å². The minimum absolute atomic E-state index is 0.161. The van der Waals surface area contributed by atoms with Gasteiger partial charge in [-0.25, -0.2) is 9.97 Å². The molecule has 1 atom stereocenters. The SMILES string of the molecule is Cc1nccn1-c1ccnc(NC(C)c2cc3cc(Cl)ccc3[nH]c2=O)n1. The lowest BCUT2D eigenvalue weighted by Gasteiger charge is -2.15. The first-order valence-corrected chi connectivity index (χ1v) is 8.81. The maximum absolute atomic E-state index is 12.5. The number of aromatic amines is 1. The van der Waals surface area contributed by atoms with Gasteiger partial charge in [-0.2, -0.15) is 4.98 Å². The molecule has 1 unspecified atom stereocenters. The topological polar surface area (TPSA) is 88.5 Å². The van der Waals surface area contributed by atoms with Crippen molar-refractivity contribution in [1.82, 2.24) is 24.5 Å². The molecule has 0 fully saturated rings. The van der Waals surface area contributed by atoms with E-state index in [4.69, 9.17) is 11.6 Å². The normalized spacial score (nSPS) is 12.3. The maximum Gasteiger partial charge on any atom is 0.253 e. The van der Waals surface area contributed by atoms with Crippen molar-refractivity contribution in [1.29, 1.82) is 0 Å². The Morgan fingerprint density at radius 3 is 2.81 bits per heavy atom. The van der Waals surface area contributed by atoms with Crippen molar-refractivity contribution < 1.29 is 0 Å². The fraction of sp³-hybridized carbons (Fsp3) is 0.158. The van der Waals surface area contributed by atoms with Crippen LogP contribution in [0.15, 0.2) is 53.7 Å². The van der Waals surface area contributed by atoms with Crippen molar-refractivity contribution in [2.45, 2.75) is 19.9 Å². The summed E-state index contributed by atoms with van der Waals surface area (Å²) in [5.41, 5.74) is 1.16. The lowest BCUT2D eigenvalue weighted by Crippen LogP contribution is -2.20. The molecule has 2 N–H and O–H groups in total. The molecule has 8 heteroatoms. The number of rotatable bonds is 4. The third-order valence-corrected chi connectivity index (χ3v) is 4.60. The van der Waals surface area contributed by atoms with Crippen LogP contribution in [0.5, 0.6) is 0 Å². The second-order valence-corrected chi connectivity index (χ2v) is 6.67. The summed E-state index contributed by atoms with van der Waals surface area (Å²) in [6, 6.07) is 8.70. The Hall–Kier alpha value is -3.19. The Kier molecular flexibility index (Phi) is 4.37. The number of anilines is 1. The highest BCUT2D eigenvalue weighted by Gasteiger charge is 2.13. The van der Waals surface area contributed by atoms with Gasteiger partial charge in [0.05, 0.1) is 6.04 Å². The number of benzene rings is 1. The third-order valence-electron chi connectivity index (χ3n) is 4.36. The summed E-state index contributed by atoms with van der Waals surface area (Å²) in [5.74, 6) is 1.96. The highest BCUT2D eigenvalue weighted by Crippen LogP contribution is 2.21. The number of nitrogens with one attached hydrogen (secondary N) is 2. The van der Waals surface area contributed by atoms with Gasteiger partial charge in [0.15, 0.2) is 0 Å². The number of fused-ring (bicyclic) bond motifs is 1. The predicted octanol–water partition coefficient (Wildman–Crippen LogP) is 3.64. The van der Waals surface area contributed by atoms with Gasteiger partial charge in [0.1, 0.15) is 11.6 Å². The van der Waals surface area contributed by atoms with E-state index in [9.17, 15) is 4.79 Å². The van der Waals surface area contributed by atoms with Gasteiger partial charge in [-0.3, -0.25) is 9.36 Å². The molecule has 27 heavy (non-hydrogen) atoms. The molecule has 0 spiro atoms. The number of aryl methyl sites for hydroxylation is 1. The first-order chi connectivity index (χ1) is 13.0. The Morgan fingerprint density at radius 1 is 1.19 bits per heavy atom. The second kappa shape index (κ2) is 6.85. The zero-order chi connectivity index (χ0) is 19.0. The smallest absolute Gasteiger partial charge is 0.253 e. The van der Waals surface area contributed by atoms with E-state index in [0.717, 1.165) is 16.7 Å². The average molecular weight is 381 g/mol. The van der Waals surface area contributed by atoms with Gasteiger partial charge in [-0.1, -0.05) is 11.6 Å². The molecule has 0 aliphatic heterocycles. The van der Waals surface area contributed by atoms with Crippen molar-refractivity contribution in [2.75, 3.05) is 5.32 Å². The summed E-state index contributed by atoms with van der Waals surface area (Å²) in [6.45, 7) is 3.79. The van der Waals surface area contributed by atoms with Gasteiger partial charge in [0, 0.05) is 40.1 Å². The molecule has 7 nitrogen and oxygen atoms in total. The summed E-state index contributed by atoms with van der Waals surface area (Å²) in [5, 5.41) is 4.68. The summed E-state index contributed by atoms with van der Waals surface area (Å²) in [4.78, 5) is 28.3. The summed E-state index contributed by atoms with van der Waals surface area (Å²) < 4.78 is 1.86. The predicted molar refractivity (Wildman–Crippen MR) is 106 cm³/mol. The van der Waals surface area contributed by atoms with E-state index in [2.05, 4.69) is 25.3 Å². The van der Waals surface area contributed by atoms with E-state index < -0.39 is 0 Å². The Morgan fingerprint density at radius 2 is 2.04 bits per heavy atom. The Balaban J connectivity index is 1.65. The minimum atomic E-state index is -0.295. The van der Waals surface area contributed by atoms with E-state index >= 15 is 0 Å². The number of nitrogens with zero attached hydrogens (tertiary/aromatic N) is 4. The molecule has 0 bridgehead atoms. The lowest BCUT2D eigenvalue weighted by molar-refractivity contribution is 0.835. The molecule has 136 valence electrons. The van der Waals surface area contributed by atoms with E-state index in [0.29, 0.717) is 22.4 Å². The van der Waals surface area contributed by atoms with Gasteiger partial charge in [0.2, 0.25) is 5.95 Å². The molecule has 3 aromatic heterocycles. The van der Waals surface area contributed by atoms with Gasteiger partial charge in [-0.05, 0) is 44.2 Å². The molecular weight excluding hydrogens is 364 g/mol. The highest BCUT2D eigenvalue weighted by atomic mass is 35.5. The van der Waals surface area contributed by atoms with Gasteiger partial charge in [0.25, 0.3) is 5.56 Å². The molecule has 0 aliphatic rings. The Bertz CT molecular complexity index is 1180. The largest absolute Gasteiger partial charge is 0.347 e. The molecule has 0 amide bonds. The van der Waals surface area contributed by atoms with Crippen LogP contribution in [0.25, 0.3) is 16.7 Å². The Labute approximate surface area is 160 Å². The number of imidazole rings is 1. The number of aromatic nitrogens is 5. The molecule has 4 aromatic rings. The van der Waals surface area contributed by atoms with Crippen LogP contribution in [0, 0.1) is 6.92 Å². The van der Waals surface area contributed by atoms with E-state index in [1.807, 2.05) is 36.7 Å². The third kappa shape index (κ3) is 3.41. The molecule has 1 aromatic carbocycles. The van der Waals surface area contributed by atoms with Crippen molar-refractivity contribution >= 4 is 28.5 Å². The molecule has 0 saturated heterocycles.